The summed E-state index contributed by atoms with van der Waals surface area (Å²) >= 11 is 0. The number of allylic oxidation sites excluding steroid dienone is 9. The highest BCUT2D eigenvalue weighted by atomic mass is 14.3. The predicted octanol–water partition coefficient (Wildman–Crippen LogP) is 13.4. The average molecular weight is 635 g/mol. The molecule has 5 aromatic rings. The maximum atomic E-state index is 4.57. The zero-order valence-electron chi connectivity index (χ0n) is 29.0. The molecule has 0 amide bonds. The second-order valence-electron chi connectivity index (χ2n) is 13.9. The van der Waals surface area contributed by atoms with Crippen LogP contribution in [0.5, 0.6) is 0 Å². The lowest BCUT2D eigenvalue weighted by Gasteiger charge is -2.24. The molecule has 1 aliphatic rings. The van der Waals surface area contributed by atoms with Gasteiger partial charge in [0.2, 0.25) is 0 Å². The molecule has 1 unspecified atom stereocenters. The molecular formula is C49H46. The van der Waals surface area contributed by atoms with Gasteiger partial charge in [0.15, 0.2) is 0 Å². The minimum Gasteiger partial charge on any atom is -0.0911 e. The molecule has 0 nitrogen and oxygen atoms in total. The van der Waals surface area contributed by atoms with Crippen molar-refractivity contribution >= 4 is 17.7 Å². The molecule has 0 spiro atoms. The Morgan fingerprint density at radius 3 is 1.94 bits per heavy atom. The SMILES string of the molecule is C=C(/C=C(\C=CC1=CCCC=C1)C(c1ccc(C(C)(C)C)cc1)c1cc(C=Cc2ccccc2)cc(-c2ccccc2)c1)c1ccccc1. The first-order valence-electron chi connectivity index (χ1n) is 17.4. The van der Waals surface area contributed by atoms with Crippen LogP contribution < -0.4 is 0 Å². The van der Waals surface area contributed by atoms with E-state index in [1.807, 2.05) is 0 Å². The van der Waals surface area contributed by atoms with Crippen LogP contribution in [-0.4, -0.2) is 0 Å². The molecule has 0 heterocycles. The van der Waals surface area contributed by atoms with Gasteiger partial charge in [-0.15, -0.1) is 0 Å². The minimum atomic E-state index is -0.0357. The number of hydrogen-bond acceptors (Lipinski definition) is 0. The van der Waals surface area contributed by atoms with Crippen molar-refractivity contribution in [3.8, 4) is 11.1 Å². The van der Waals surface area contributed by atoms with Crippen molar-refractivity contribution in [3.05, 3.63) is 221 Å². The van der Waals surface area contributed by atoms with Gasteiger partial charge in [-0.2, -0.15) is 0 Å². The molecule has 0 aliphatic heterocycles. The lowest BCUT2D eigenvalue weighted by atomic mass is 9.79. The van der Waals surface area contributed by atoms with Gasteiger partial charge in [-0.25, -0.2) is 0 Å². The van der Waals surface area contributed by atoms with Crippen molar-refractivity contribution in [1.82, 2.24) is 0 Å². The van der Waals surface area contributed by atoms with Crippen LogP contribution in [0.1, 0.15) is 72.9 Å². The molecule has 0 saturated carbocycles. The largest absolute Gasteiger partial charge is 0.0911 e. The minimum absolute atomic E-state index is 0.0357. The highest BCUT2D eigenvalue weighted by molar-refractivity contribution is 5.77. The Morgan fingerprint density at radius 2 is 1.29 bits per heavy atom. The molecule has 0 fully saturated rings. The summed E-state index contributed by atoms with van der Waals surface area (Å²) < 4.78 is 0. The van der Waals surface area contributed by atoms with Gasteiger partial charge in [-0.1, -0.05) is 203 Å². The smallest absolute Gasteiger partial charge is 0.0340 e. The summed E-state index contributed by atoms with van der Waals surface area (Å²) in [5.74, 6) is -0.0357. The highest BCUT2D eigenvalue weighted by Gasteiger charge is 2.22. The van der Waals surface area contributed by atoms with Gasteiger partial charge in [-0.3, -0.25) is 0 Å². The average Bonchev–Trinajstić information content (AvgIpc) is 3.14. The normalized spacial score (nSPS) is 14.3. The fourth-order valence-corrected chi connectivity index (χ4v) is 6.36. The molecule has 0 saturated heterocycles. The quantitative estimate of drug-likeness (QED) is 0.106. The molecule has 49 heavy (non-hydrogen) atoms. The Kier molecular flexibility index (Phi) is 10.7. The lowest BCUT2D eigenvalue weighted by Crippen LogP contribution is -2.12. The van der Waals surface area contributed by atoms with Crippen molar-refractivity contribution in [3.63, 3.8) is 0 Å². The van der Waals surface area contributed by atoms with Gasteiger partial charge in [-0.05, 0) is 85.5 Å². The van der Waals surface area contributed by atoms with E-state index in [9.17, 15) is 0 Å². The maximum absolute atomic E-state index is 4.57. The predicted molar refractivity (Wildman–Crippen MR) is 213 cm³/mol. The zero-order valence-corrected chi connectivity index (χ0v) is 29.0. The maximum Gasteiger partial charge on any atom is 0.0340 e. The fraction of sp³-hybridized carbons (Fsp3) is 0.143. The van der Waals surface area contributed by atoms with Crippen LogP contribution >= 0.6 is 0 Å². The Labute approximate surface area is 293 Å². The van der Waals surface area contributed by atoms with E-state index in [1.165, 1.54) is 50.1 Å². The molecule has 0 aromatic heterocycles. The van der Waals surface area contributed by atoms with Crippen molar-refractivity contribution in [2.45, 2.75) is 44.9 Å². The molecule has 242 valence electrons. The topological polar surface area (TPSA) is 0 Å². The molecule has 1 aliphatic carbocycles. The highest BCUT2D eigenvalue weighted by Crippen LogP contribution is 2.39. The summed E-state index contributed by atoms with van der Waals surface area (Å²) in [6, 6.07) is 48.1. The van der Waals surface area contributed by atoms with Crippen LogP contribution in [0.4, 0.5) is 0 Å². The summed E-state index contributed by atoms with van der Waals surface area (Å²) in [5, 5.41) is 0. The molecule has 1 atom stereocenters. The Hall–Kier alpha value is -5.46. The third-order valence-electron chi connectivity index (χ3n) is 9.11. The molecule has 0 N–H and O–H groups in total. The van der Waals surface area contributed by atoms with E-state index >= 15 is 0 Å². The second kappa shape index (κ2) is 15.6. The first-order valence-corrected chi connectivity index (χ1v) is 17.4. The van der Waals surface area contributed by atoms with Crippen LogP contribution in [-0.2, 0) is 5.41 Å². The fourth-order valence-electron chi connectivity index (χ4n) is 6.36. The number of rotatable bonds is 10. The van der Waals surface area contributed by atoms with E-state index in [1.54, 1.807) is 0 Å². The summed E-state index contributed by atoms with van der Waals surface area (Å²) in [4.78, 5) is 0. The van der Waals surface area contributed by atoms with E-state index in [-0.39, 0.29) is 11.3 Å². The van der Waals surface area contributed by atoms with Gasteiger partial charge in [0.25, 0.3) is 0 Å². The van der Waals surface area contributed by atoms with Crippen LogP contribution in [0, 0.1) is 0 Å². The second-order valence-corrected chi connectivity index (χ2v) is 13.9. The van der Waals surface area contributed by atoms with Gasteiger partial charge in [0.1, 0.15) is 0 Å². The van der Waals surface area contributed by atoms with Gasteiger partial charge < -0.3 is 0 Å². The monoisotopic (exact) mass is 634 g/mol. The summed E-state index contributed by atoms with van der Waals surface area (Å²) in [5.41, 5.74) is 13.2. The van der Waals surface area contributed by atoms with Crippen LogP contribution in [0.15, 0.2) is 188 Å². The number of hydrogen-bond donors (Lipinski definition) is 0. The summed E-state index contributed by atoms with van der Waals surface area (Å²) in [7, 11) is 0. The van der Waals surface area contributed by atoms with E-state index in [0.717, 1.165) is 24.0 Å². The van der Waals surface area contributed by atoms with Crippen molar-refractivity contribution in [2.75, 3.05) is 0 Å². The van der Waals surface area contributed by atoms with E-state index in [4.69, 9.17) is 0 Å². The van der Waals surface area contributed by atoms with Crippen LogP contribution in [0.3, 0.4) is 0 Å². The molecule has 0 heteroatoms. The molecule has 5 aromatic carbocycles. The first-order chi connectivity index (χ1) is 23.8. The Bertz CT molecular complexity index is 2010. The standard InChI is InChI=1S/C49H46/c1-37(41-21-13-7-14-22-41)33-44(28-27-39-19-11-6-12-20-39)48(43-29-31-47(32-30-43)49(2,3)4)46-35-40(26-25-38-17-9-5-10-18-38)34-45(36-46)42-23-15-8-16-24-42/h5,7-11,13-36,48H,1,6,12H2,2-4H3/b26-25?,28-27?,44-33+. The van der Waals surface area contributed by atoms with Crippen molar-refractivity contribution in [1.29, 1.82) is 0 Å². The molecule has 0 bridgehead atoms. The molecule has 6 rings (SSSR count). The zero-order chi connectivity index (χ0) is 34.1. The summed E-state index contributed by atoms with van der Waals surface area (Å²) in [6.07, 6.45) is 20.3. The van der Waals surface area contributed by atoms with Crippen molar-refractivity contribution in [2.24, 2.45) is 0 Å². The van der Waals surface area contributed by atoms with Gasteiger partial charge in [0.05, 0.1) is 0 Å². The first kappa shape index (κ1) is 33.4. The van der Waals surface area contributed by atoms with Crippen LogP contribution in [0.25, 0.3) is 28.9 Å². The van der Waals surface area contributed by atoms with E-state index in [0.29, 0.717) is 0 Å². The Morgan fingerprint density at radius 1 is 0.633 bits per heavy atom. The van der Waals surface area contributed by atoms with E-state index in [2.05, 4.69) is 209 Å². The van der Waals surface area contributed by atoms with Crippen LogP contribution in [0.2, 0.25) is 0 Å². The van der Waals surface area contributed by atoms with Crippen molar-refractivity contribution < 1.29 is 0 Å². The molecule has 0 radical (unpaired) electrons. The van der Waals surface area contributed by atoms with Gasteiger partial charge in [0, 0.05) is 5.92 Å². The summed E-state index contributed by atoms with van der Waals surface area (Å²) in [6.45, 7) is 11.4. The lowest BCUT2D eigenvalue weighted by molar-refractivity contribution is 0.590. The molecular weight excluding hydrogens is 589 g/mol. The number of benzene rings is 5. The Balaban J connectivity index is 1.56. The van der Waals surface area contributed by atoms with E-state index < -0.39 is 0 Å². The third kappa shape index (κ3) is 8.92. The van der Waals surface area contributed by atoms with Gasteiger partial charge >= 0.3 is 0 Å². The third-order valence-corrected chi connectivity index (χ3v) is 9.11.